The van der Waals surface area contributed by atoms with Gasteiger partial charge in [-0.15, -0.1) is 0 Å². The molecule has 9 heteroatoms. The van der Waals surface area contributed by atoms with E-state index in [0.29, 0.717) is 40.9 Å². The van der Waals surface area contributed by atoms with Gasteiger partial charge in [0.2, 0.25) is 11.8 Å². The Hall–Kier alpha value is -4.45. The molecule has 1 atom stereocenters. The SMILES string of the molecule is COC(=O)COc1ccc(CNc2nccc(C(C#N)c3nc4ccccc4o3)n2)cc1. The first-order valence-electron chi connectivity index (χ1n) is 9.76. The molecule has 160 valence electrons. The number of carbonyl (C=O) groups excluding carboxylic acids is 1. The Labute approximate surface area is 183 Å². The van der Waals surface area contributed by atoms with Gasteiger partial charge in [0.05, 0.1) is 18.9 Å². The molecule has 0 radical (unpaired) electrons. The second-order valence-corrected chi connectivity index (χ2v) is 6.75. The molecule has 1 N–H and O–H groups in total. The van der Waals surface area contributed by atoms with Crippen molar-refractivity contribution < 1.29 is 18.7 Å². The number of nitrogens with one attached hydrogen (secondary N) is 1. The Kier molecular flexibility index (Phi) is 6.22. The molecule has 2 aromatic carbocycles. The van der Waals surface area contributed by atoms with Gasteiger partial charge in [-0.3, -0.25) is 0 Å². The van der Waals surface area contributed by atoms with Gasteiger partial charge in [-0.2, -0.15) is 5.26 Å². The molecule has 0 aliphatic rings. The fourth-order valence-electron chi connectivity index (χ4n) is 2.97. The lowest BCUT2D eigenvalue weighted by Crippen LogP contribution is -2.12. The van der Waals surface area contributed by atoms with Crippen LogP contribution in [0.1, 0.15) is 23.1 Å². The maximum Gasteiger partial charge on any atom is 0.343 e. The molecule has 32 heavy (non-hydrogen) atoms. The Morgan fingerprint density at radius 1 is 1.16 bits per heavy atom. The Morgan fingerprint density at radius 2 is 1.97 bits per heavy atom. The molecular weight excluding hydrogens is 410 g/mol. The normalized spacial score (nSPS) is 11.5. The minimum absolute atomic E-state index is 0.144. The highest BCUT2D eigenvalue weighted by Crippen LogP contribution is 2.26. The summed E-state index contributed by atoms with van der Waals surface area (Å²) in [6, 6.07) is 18.5. The molecule has 0 saturated carbocycles. The van der Waals surface area contributed by atoms with E-state index in [1.165, 1.54) is 7.11 Å². The molecule has 0 bridgehead atoms. The van der Waals surface area contributed by atoms with Crippen molar-refractivity contribution in [1.82, 2.24) is 15.0 Å². The molecule has 0 spiro atoms. The Balaban J connectivity index is 1.42. The largest absolute Gasteiger partial charge is 0.482 e. The lowest BCUT2D eigenvalue weighted by atomic mass is 10.1. The third-order valence-electron chi connectivity index (χ3n) is 4.62. The van der Waals surface area contributed by atoms with Crippen molar-refractivity contribution in [3.05, 3.63) is 77.9 Å². The molecule has 2 aromatic heterocycles. The molecular formula is C23H19N5O4. The molecule has 4 aromatic rings. The number of oxazole rings is 1. The quantitative estimate of drug-likeness (QED) is 0.419. The van der Waals surface area contributed by atoms with Crippen LogP contribution in [0.3, 0.4) is 0 Å². The van der Waals surface area contributed by atoms with Crippen LogP contribution in [0.25, 0.3) is 11.1 Å². The fourth-order valence-corrected chi connectivity index (χ4v) is 2.97. The molecule has 2 heterocycles. The number of nitriles is 1. The number of benzene rings is 2. The maximum atomic E-state index is 11.1. The number of esters is 1. The third-order valence-corrected chi connectivity index (χ3v) is 4.62. The number of hydrogen-bond donors (Lipinski definition) is 1. The summed E-state index contributed by atoms with van der Waals surface area (Å²) in [6.45, 7) is 0.315. The number of anilines is 1. The Morgan fingerprint density at radius 3 is 2.72 bits per heavy atom. The predicted molar refractivity (Wildman–Crippen MR) is 115 cm³/mol. The molecule has 0 fully saturated rings. The topological polar surface area (TPSA) is 123 Å². The van der Waals surface area contributed by atoms with Gasteiger partial charge in [-0.1, -0.05) is 24.3 Å². The van der Waals surface area contributed by atoms with E-state index in [1.807, 2.05) is 30.3 Å². The van der Waals surface area contributed by atoms with Crippen molar-refractivity contribution in [3.8, 4) is 11.8 Å². The number of methoxy groups -OCH3 is 1. The summed E-state index contributed by atoms with van der Waals surface area (Å²) in [5.41, 5.74) is 2.76. The smallest absolute Gasteiger partial charge is 0.343 e. The fraction of sp³-hybridized carbons (Fsp3) is 0.174. The van der Waals surface area contributed by atoms with Crippen molar-refractivity contribution in [2.45, 2.75) is 12.5 Å². The van der Waals surface area contributed by atoms with Crippen molar-refractivity contribution >= 4 is 23.0 Å². The number of carbonyl (C=O) groups is 1. The molecule has 0 aliphatic carbocycles. The van der Waals surface area contributed by atoms with E-state index in [4.69, 9.17) is 9.15 Å². The van der Waals surface area contributed by atoms with Gasteiger partial charge >= 0.3 is 5.97 Å². The molecule has 0 saturated heterocycles. The van der Waals surface area contributed by atoms with Crippen LogP contribution in [0.15, 0.2) is 65.2 Å². The van der Waals surface area contributed by atoms with Crippen LogP contribution < -0.4 is 10.1 Å². The number of aromatic nitrogens is 3. The second kappa shape index (κ2) is 9.57. The Bertz CT molecular complexity index is 1230. The van der Waals surface area contributed by atoms with E-state index in [0.717, 1.165) is 5.56 Å². The second-order valence-electron chi connectivity index (χ2n) is 6.75. The highest BCUT2D eigenvalue weighted by Gasteiger charge is 2.22. The van der Waals surface area contributed by atoms with Crippen molar-refractivity contribution in [3.63, 3.8) is 0 Å². The van der Waals surface area contributed by atoms with Crippen LogP contribution in [0, 0.1) is 11.3 Å². The monoisotopic (exact) mass is 429 g/mol. The minimum Gasteiger partial charge on any atom is -0.482 e. The first-order valence-corrected chi connectivity index (χ1v) is 9.76. The number of nitrogens with zero attached hydrogens (tertiary/aromatic N) is 4. The van der Waals surface area contributed by atoms with Crippen LogP contribution >= 0.6 is 0 Å². The molecule has 9 nitrogen and oxygen atoms in total. The summed E-state index contributed by atoms with van der Waals surface area (Å²) >= 11 is 0. The van der Waals surface area contributed by atoms with E-state index in [-0.39, 0.29) is 6.61 Å². The van der Waals surface area contributed by atoms with Crippen molar-refractivity contribution in [2.24, 2.45) is 0 Å². The zero-order valence-corrected chi connectivity index (χ0v) is 17.2. The van der Waals surface area contributed by atoms with Gasteiger partial charge < -0.3 is 19.2 Å². The molecule has 1 unspecified atom stereocenters. The number of rotatable bonds is 8. The number of ether oxygens (including phenoxy) is 2. The number of para-hydroxylation sites is 2. The number of fused-ring (bicyclic) bond motifs is 1. The average molecular weight is 429 g/mol. The predicted octanol–water partition coefficient (Wildman–Crippen LogP) is 3.44. The van der Waals surface area contributed by atoms with Crippen LogP contribution in [0.5, 0.6) is 5.75 Å². The summed E-state index contributed by atoms with van der Waals surface area (Å²) in [6.07, 6.45) is 1.58. The zero-order chi connectivity index (χ0) is 22.3. The minimum atomic E-state index is -0.753. The van der Waals surface area contributed by atoms with E-state index in [9.17, 15) is 10.1 Å². The lowest BCUT2D eigenvalue weighted by Gasteiger charge is -2.09. The summed E-state index contributed by atoms with van der Waals surface area (Å²) in [5.74, 6) is 0.0388. The third kappa shape index (κ3) is 4.82. The summed E-state index contributed by atoms with van der Waals surface area (Å²) < 4.78 is 15.6. The molecule has 0 amide bonds. The van der Waals surface area contributed by atoms with Gasteiger partial charge in [0, 0.05) is 12.7 Å². The van der Waals surface area contributed by atoms with E-state index >= 15 is 0 Å². The number of hydrogen-bond acceptors (Lipinski definition) is 9. The first kappa shape index (κ1) is 20.8. The lowest BCUT2D eigenvalue weighted by molar-refractivity contribution is -0.142. The summed E-state index contributed by atoms with van der Waals surface area (Å²) in [7, 11) is 1.31. The standard InChI is InChI=1S/C23H19N5O4/c1-30-21(29)14-31-16-8-6-15(7-9-16)13-26-23-25-11-10-18(28-23)17(12-24)22-27-19-4-2-3-5-20(19)32-22/h2-11,17H,13-14H2,1H3,(H,25,26,28). The van der Waals surface area contributed by atoms with Gasteiger partial charge in [-0.05, 0) is 35.9 Å². The van der Waals surface area contributed by atoms with Crippen LogP contribution in [-0.4, -0.2) is 34.6 Å². The van der Waals surface area contributed by atoms with Gasteiger partial charge in [-0.25, -0.2) is 19.7 Å². The highest BCUT2D eigenvalue weighted by molar-refractivity contribution is 5.72. The van der Waals surface area contributed by atoms with Gasteiger partial charge in [0.1, 0.15) is 11.3 Å². The van der Waals surface area contributed by atoms with Crippen LogP contribution in [0.4, 0.5) is 5.95 Å². The zero-order valence-electron chi connectivity index (χ0n) is 17.2. The maximum absolute atomic E-state index is 11.1. The van der Waals surface area contributed by atoms with Gasteiger partial charge in [0.15, 0.2) is 18.1 Å². The molecule has 4 rings (SSSR count). The summed E-state index contributed by atoms with van der Waals surface area (Å²) in [5, 5.41) is 12.8. The van der Waals surface area contributed by atoms with Crippen LogP contribution in [0.2, 0.25) is 0 Å². The van der Waals surface area contributed by atoms with Crippen molar-refractivity contribution in [2.75, 3.05) is 19.0 Å². The molecule has 0 aliphatic heterocycles. The highest BCUT2D eigenvalue weighted by atomic mass is 16.6. The summed E-state index contributed by atoms with van der Waals surface area (Å²) in [4.78, 5) is 24.2. The van der Waals surface area contributed by atoms with Crippen LogP contribution in [-0.2, 0) is 16.1 Å². The van der Waals surface area contributed by atoms with Crippen molar-refractivity contribution in [1.29, 1.82) is 5.26 Å². The van der Waals surface area contributed by atoms with E-state index in [2.05, 4.69) is 31.1 Å². The average Bonchev–Trinajstić information content (AvgIpc) is 3.26. The van der Waals surface area contributed by atoms with E-state index < -0.39 is 11.9 Å². The van der Waals surface area contributed by atoms with Gasteiger partial charge in [0.25, 0.3) is 0 Å². The van der Waals surface area contributed by atoms with E-state index in [1.54, 1.807) is 30.5 Å². The first-order chi connectivity index (χ1) is 15.7.